The van der Waals surface area contributed by atoms with Gasteiger partial charge in [-0.05, 0) is 47.9 Å². The number of aliphatic hydroxyl groups excluding tert-OH is 1. The summed E-state index contributed by atoms with van der Waals surface area (Å²) in [5.41, 5.74) is 1.94. The lowest BCUT2D eigenvalue weighted by Crippen LogP contribution is -2.26. The second-order valence-electron chi connectivity index (χ2n) is 5.87. The molecule has 0 unspecified atom stereocenters. The highest BCUT2D eigenvalue weighted by Gasteiger charge is 2.17. The maximum absolute atomic E-state index is 14.1. The maximum Gasteiger partial charge on any atom is 0.222 e. The number of hydrogen-bond donors (Lipinski definition) is 3. The molecule has 0 saturated carbocycles. The largest absolute Gasteiger partial charge is 0.396 e. The first kappa shape index (κ1) is 18.0. The lowest BCUT2D eigenvalue weighted by Gasteiger charge is -2.07. The van der Waals surface area contributed by atoms with Gasteiger partial charge >= 0.3 is 0 Å². The highest BCUT2D eigenvalue weighted by Crippen LogP contribution is 2.32. The molecule has 0 bridgehead atoms. The van der Waals surface area contributed by atoms with Crippen molar-refractivity contribution in [1.82, 2.24) is 10.3 Å². The topological polar surface area (TPSA) is 65.1 Å². The third-order valence-electron chi connectivity index (χ3n) is 4.10. The van der Waals surface area contributed by atoms with Gasteiger partial charge in [-0.15, -0.1) is 0 Å². The van der Waals surface area contributed by atoms with Gasteiger partial charge in [0.1, 0.15) is 17.5 Å². The maximum atomic E-state index is 14.1. The molecule has 2 aromatic carbocycles. The molecule has 136 valence electrons. The summed E-state index contributed by atoms with van der Waals surface area (Å²) in [5, 5.41) is 11.8. The quantitative estimate of drug-likeness (QED) is 0.630. The number of nitrogens with one attached hydrogen (secondary N) is 2. The zero-order valence-corrected chi connectivity index (χ0v) is 13.8. The van der Waals surface area contributed by atoms with Crippen molar-refractivity contribution in [3.8, 4) is 11.3 Å². The molecule has 1 aromatic heterocycles. The van der Waals surface area contributed by atoms with Crippen LogP contribution in [0, 0.1) is 17.5 Å². The van der Waals surface area contributed by atoms with Gasteiger partial charge in [0.05, 0.1) is 12.1 Å². The summed E-state index contributed by atoms with van der Waals surface area (Å²) in [6, 6.07) is 7.67. The monoisotopic (exact) mass is 362 g/mol. The van der Waals surface area contributed by atoms with Crippen LogP contribution in [0.15, 0.2) is 36.4 Å². The van der Waals surface area contributed by atoms with Crippen molar-refractivity contribution in [3.05, 3.63) is 59.4 Å². The molecular formula is C19H17F3N2O2. The minimum absolute atomic E-state index is 0.0119. The predicted octanol–water partition coefficient (Wildman–Crippen LogP) is 3.29. The van der Waals surface area contributed by atoms with Crippen LogP contribution in [0.2, 0.25) is 0 Å². The van der Waals surface area contributed by atoms with E-state index in [9.17, 15) is 18.0 Å². The number of carbonyl (C=O) groups excluding carboxylic acids is 1. The number of halogens is 3. The molecule has 4 nitrogen and oxygen atoms in total. The van der Waals surface area contributed by atoms with E-state index in [-0.39, 0.29) is 31.0 Å². The summed E-state index contributed by atoms with van der Waals surface area (Å²) in [6.07, 6.45) is 0.300. The van der Waals surface area contributed by atoms with Crippen molar-refractivity contribution in [3.63, 3.8) is 0 Å². The van der Waals surface area contributed by atoms with E-state index in [1.807, 2.05) is 0 Å². The van der Waals surface area contributed by atoms with Gasteiger partial charge in [0, 0.05) is 30.1 Å². The van der Waals surface area contributed by atoms with Crippen LogP contribution in [0.5, 0.6) is 0 Å². The van der Waals surface area contributed by atoms with E-state index in [2.05, 4.69) is 10.3 Å². The normalized spacial score (nSPS) is 11.1. The van der Waals surface area contributed by atoms with Crippen LogP contribution in [0.4, 0.5) is 13.2 Å². The summed E-state index contributed by atoms with van der Waals surface area (Å²) in [4.78, 5) is 14.4. The molecule has 0 aliphatic carbocycles. The smallest absolute Gasteiger partial charge is 0.222 e. The number of aromatic nitrogens is 1. The molecule has 0 radical (unpaired) electrons. The van der Waals surface area contributed by atoms with Gasteiger partial charge in [0.15, 0.2) is 0 Å². The van der Waals surface area contributed by atoms with Gasteiger partial charge < -0.3 is 15.4 Å². The third kappa shape index (κ3) is 3.72. The number of carbonyl (C=O) groups is 1. The van der Waals surface area contributed by atoms with Crippen molar-refractivity contribution in [2.45, 2.75) is 12.8 Å². The van der Waals surface area contributed by atoms with Gasteiger partial charge in [0.2, 0.25) is 5.91 Å². The minimum atomic E-state index is -0.723. The van der Waals surface area contributed by atoms with E-state index < -0.39 is 17.5 Å². The lowest BCUT2D eigenvalue weighted by molar-refractivity contribution is -0.121. The van der Waals surface area contributed by atoms with Gasteiger partial charge in [-0.25, -0.2) is 13.2 Å². The van der Waals surface area contributed by atoms with E-state index in [4.69, 9.17) is 5.11 Å². The van der Waals surface area contributed by atoms with Crippen LogP contribution in [0.25, 0.3) is 22.2 Å². The van der Waals surface area contributed by atoms with E-state index in [0.717, 1.165) is 6.07 Å². The first-order valence-corrected chi connectivity index (χ1v) is 8.12. The molecule has 3 aromatic rings. The summed E-state index contributed by atoms with van der Waals surface area (Å²) >= 11 is 0. The first-order valence-electron chi connectivity index (χ1n) is 8.12. The fourth-order valence-corrected chi connectivity index (χ4v) is 2.91. The summed E-state index contributed by atoms with van der Waals surface area (Å²) in [7, 11) is 0. The number of H-pyrrole nitrogens is 1. The van der Waals surface area contributed by atoms with E-state index in [1.165, 1.54) is 18.2 Å². The molecule has 3 N–H and O–H groups in total. The zero-order valence-electron chi connectivity index (χ0n) is 13.8. The van der Waals surface area contributed by atoms with Gasteiger partial charge in [-0.1, -0.05) is 0 Å². The van der Waals surface area contributed by atoms with Crippen LogP contribution in [0.1, 0.15) is 12.0 Å². The van der Waals surface area contributed by atoms with Crippen LogP contribution < -0.4 is 5.32 Å². The first-order chi connectivity index (χ1) is 12.5. The van der Waals surface area contributed by atoms with E-state index >= 15 is 0 Å². The Morgan fingerprint density at radius 3 is 2.50 bits per heavy atom. The molecule has 0 aliphatic rings. The Hall–Kier alpha value is -2.80. The molecule has 0 aliphatic heterocycles. The van der Waals surface area contributed by atoms with Crippen molar-refractivity contribution in [1.29, 1.82) is 0 Å². The molecular weight excluding hydrogens is 345 g/mol. The molecule has 0 spiro atoms. The SMILES string of the molecule is O=C(CCO)NCCc1c(-c2ccc(F)cc2)[nH]c2c(F)cc(F)cc12. The highest BCUT2D eigenvalue weighted by atomic mass is 19.1. The van der Waals surface area contributed by atoms with E-state index in [1.54, 1.807) is 12.1 Å². The summed E-state index contributed by atoms with van der Waals surface area (Å²) < 4.78 is 41.0. The standard InChI is InChI=1S/C19H17F3N2O2/c20-12-3-1-11(2-4-12)18-14(5-7-23-17(26)6-8-25)15-9-13(21)10-16(22)19(15)24-18/h1-4,9-10,24-25H,5-8H2,(H,23,26). The second-order valence-corrected chi connectivity index (χ2v) is 5.87. The van der Waals surface area contributed by atoms with Crippen LogP contribution in [0.3, 0.4) is 0 Å². The van der Waals surface area contributed by atoms with Crippen LogP contribution in [-0.2, 0) is 11.2 Å². The van der Waals surface area contributed by atoms with Gasteiger partial charge in [-0.3, -0.25) is 4.79 Å². The molecule has 0 fully saturated rings. The number of benzene rings is 2. The molecule has 0 saturated heterocycles. The lowest BCUT2D eigenvalue weighted by atomic mass is 10.0. The molecule has 3 rings (SSSR count). The highest BCUT2D eigenvalue weighted by molar-refractivity contribution is 5.91. The Morgan fingerprint density at radius 2 is 1.81 bits per heavy atom. The van der Waals surface area contributed by atoms with Crippen molar-refractivity contribution >= 4 is 16.8 Å². The zero-order chi connectivity index (χ0) is 18.7. The summed E-state index contributed by atoms with van der Waals surface area (Å²) in [5.74, 6) is -2.14. The average Bonchev–Trinajstić information content (AvgIpc) is 2.95. The number of amides is 1. The fraction of sp³-hybridized carbons (Fsp3) is 0.211. The Kier molecular flexibility index (Phi) is 5.27. The number of hydrogen-bond acceptors (Lipinski definition) is 2. The third-order valence-corrected chi connectivity index (χ3v) is 4.10. The number of aromatic amines is 1. The molecule has 0 atom stereocenters. The molecule has 1 amide bonds. The molecule has 1 heterocycles. The van der Waals surface area contributed by atoms with Gasteiger partial charge in [-0.2, -0.15) is 0 Å². The van der Waals surface area contributed by atoms with E-state index in [0.29, 0.717) is 28.6 Å². The number of rotatable bonds is 6. The second kappa shape index (κ2) is 7.61. The Morgan fingerprint density at radius 1 is 1.08 bits per heavy atom. The van der Waals surface area contributed by atoms with Crippen molar-refractivity contribution < 1.29 is 23.1 Å². The molecule has 7 heteroatoms. The summed E-state index contributed by atoms with van der Waals surface area (Å²) in [6.45, 7) is -0.0196. The Labute approximate surface area is 147 Å². The molecule has 26 heavy (non-hydrogen) atoms. The average molecular weight is 362 g/mol. The van der Waals surface area contributed by atoms with Crippen LogP contribution in [-0.4, -0.2) is 29.1 Å². The minimum Gasteiger partial charge on any atom is -0.396 e. The number of fused-ring (bicyclic) bond motifs is 1. The predicted molar refractivity (Wildman–Crippen MR) is 92.0 cm³/mol. The Bertz CT molecular complexity index is 936. The van der Waals surface area contributed by atoms with Crippen LogP contribution >= 0.6 is 0 Å². The van der Waals surface area contributed by atoms with Crippen molar-refractivity contribution in [2.75, 3.05) is 13.2 Å². The van der Waals surface area contributed by atoms with Crippen molar-refractivity contribution in [2.24, 2.45) is 0 Å². The van der Waals surface area contributed by atoms with Gasteiger partial charge in [0.25, 0.3) is 0 Å². The number of aliphatic hydroxyl groups is 1. The fourth-order valence-electron chi connectivity index (χ4n) is 2.91. The Balaban J connectivity index is 2.01.